The van der Waals surface area contributed by atoms with Crippen LogP contribution in [0.3, 0.4) is 0 Å². The number of methoxy groups -OCH3 is 1. The smallest absolute Gasteiger partial charge is 0.248 e. The minimum absolute atomic E-state index is 0.0267. The Morgan fingerprint density at radius 2 is 1.70 bits per heavy atom. The lowest BCUT2D eigenvalue weighted by molar-refractivity contribution is -0.137. The number of hydrogen-bond acceptors (Lipinski definition) is 6. The highest BCUT2D eigenvalue weighted by Gasteiger charge is 2.26. The van der Waals surface area contributed by atoms with Gasteiger partial charge in [-0.05, 0) is 64.0 Å². The number of sulfonamides is 1. The highest BCUT2D eigenvalue weighted by Crippen LogP contribution is 2.27. The maximum absolute atomic E-state index is 13.0. The Morgan fingerprint density at radius 1 is 1.13 bits per heavy atom. The molecule has 0 saturated carbocycles. The predicted molar refractivity (Wildman–Crippen MR) is 116 cm³/mol. The second-order valence-corrected chi connectivity index (χ2v) is 10.0. The Bertz CT molecular complexity index is 810. The molecule has 0 aliphatic carbocycles. The topological polar surface area (TPSA) is 79.4 Å². The fourth-order valence-electron chi connectivity index (χ4n) is 3.79. The molecule has 9 heteroatoms. The summed E-state index contributed by atoms with van der Waals surface area (Å²) in [5.74, 6) is 0.586. The number of likely N-dealkylation sites (N-methyl/N-ethyl adjacent to an activating group) is 1. The number of piperidine rings is 1. The minimum Gasteiger partial charge on any atom is -0.497 e. The number of benzene rings is 1. The van der Waals surface area contributed by atoms with Crippen molar-refractivity contribution in [2.24, 2.45) is 0 Å². The van der Waals surface area contributed by atoms with Crippen LogP contribution in [0.4, 0.5) is 0 Å². The molecule has 0 bridgehead atoms. The van der Waals surface area contributed by atoms with Crippen LogP contribution in [0, 0.1) is 13.8 Å². The number of ether oxygens (including phenoxy) is 2. The summed E-state index contributed by atoms with van der Waals surface area (Å²) in [6.45, 7) is 5.27. The summed E-state index contributed by atoms with van der Waals surface area (Å²) < 4.78 is 37.9. The standard InChI is InChI=1S/C21H35N3O5S/c1-16-13-19(28-6)14-17(2)21(16)30(26,27)23(5)11-12-29-15-20(25)24-9-7-18(8-10-24)22(3)4/h13-14,18H,7-12,15H2,1-6H3. The zero-order valence-electron chi connectivity index (χ0n) is 19.0. The van der Waals surface area contributed by atoms with Crippen molar-refractivity contribution in [1.82, 2.24) is 14.1 Å². The monoisotopic (exact) mass is 441 g/mol. The molecule has 1 heterocycles. The van der Waals surface area contributed by atoms with Crippen molar-refractivity contribution in [3.8, 4) is 5.75 Å². The van der Waals surface area contributed by atoms with Crippen LogP contribution in [0.25, 0.3) is 0 Å². The van der Waals surface area contributed by atoms with Crippen molar-refractivity contribution < 1.29 is 22.7 Å². The van der Waals surface area contributed by atoms with Crippen LogP contribution < -0.4 is 4.74 Å². The summed E-state index contributed by atoms with van der Waals surface area (Å²) in [4.78, 5) is 16.6. The molecule has 30 heavy (non-hydrogen) atoms. The van der Waals surface area contributed by atoms with Gasteiger partial charge in [-0.15, -0.1) is 0 Å². The molecule has 0 spiro atoms. The van der Waals surface area contributed by atoms with E-state index in [2.05, 4.69) is 19.0 Å². The van der Waals surface area contributed by atoms with Crippen LogP contribution >= 0.6 is 0 Å². The summed E-state index contributed by atoms with van der Waals surface area (Å²) in [6.07, 6.45) is 1.92. The SMILES string of the molecule is COc1cc(C)c(S(=O)(=O)N(C)CCOCC(=O)N2CCC(N(C)C)CC2)c(C)c1. The molecule has 1 fully saturated rings. The van der Waals surface area contributed by atoms with Gasteiger partial charge in [-0.1, -0.05) is 0 Å². The quantitative estimate of drug-likeness (QED) is 0.541. The number of nitrogens with zero attached hydrogens (tertiary/aromatic N) is 3. The van der Waals surface area contributed by atoms with Gasteiger partial charge in [-0.3, -0.25) is 4.79 Å². The molecule has 0 aromatic heterocycles. The van der Waals surface area contributed by atoms with Crippen molar-refractivity contribution in [1.29, 1.82) is 0 Å². The maximum Gasteiger partial charge on any atom is 0.248 e. The Morgan fingerprint density at radius 3 is 2.20 bits per heavy atom. The molecule has 1 aliphatic rings. The van der Waals surface area contributed by atoms with Crippen LogP contribution in [0.15, 0.2) is 17.0 Å². The average molecular weight is 442 g/mol. The Kier molecular flexibility index (Phi) is 8.66. The second-order valence-electron chi connectivity index (χ2n) is 8.05. The van der Waals surface area contributed by atoms with Crippen LogP contribution in [0.1, 0.15) is 24.0 Å². The number of hydrogen-bond donors (Lipinski definition) is 0. The molecule has 1 saturated heterocycles. The summed E-state index contributed by atoms with van der Waals surface area (Å²) in [6, 6.07) is 3.93. The van der Waals surface area contributed by atoms with Gasteiger partial charge in [0.2, 0.25) is 15.9 Å². The molecule has 0 N–H and O–H groups in total. The van der Waals surface area contributed by atoms with Crippen molar-refractivity contribution in [2.45, 2.75) is 37.6 Å². The zero-order chi connectivity index (χ0) is 22.5. The third kappa shape index (κ3) is 5.94. The number of amides is 1. The van der Waals surface area contributed by atoms with Gasteiger partial charge in [0.1, 0.15) is 12.4 Å². The van der Waals surface area contributed by atoms with E-state index in [-0.39, 0.29) is 30.6 Å². The molecule has 0 unspecified atom stereocenters. The van der Waals surface area contributed by atoms with E-state index in [1.165, 1.54) is 11.4 Å². The second kappa shape index (κ2) is 10.6. The van der Waals surface area contributed by atoms with Gasteiger partial charge in [0, 0.05) is 32.7 Å². The Hall–Kier alpha value is -1.68. The predicted octanol–water partition coefficient (Wildman–Crippen LogP) is 1.50. The highest BCUT2D eigenvalue weighted by molar-refractivity contribution is 7.89. The van der Waals surface area contributed by atoms with E-state index in [1.807, 2.05) is 4.90 Å². The molecular weight excluding hydrogens is 406 g/mol. The zero-order valence-corrected chi connectivity index (χ0v) is 19.8. The van der Waals surface area contributed by atoms with E-state index in [4.69, 9.17) is 9.47 Å². The highest BCUT2D eigenvalue weighted by atomic mass is 32.2. The Balaban J connectivity index is 1.84. The summed E-state index contributed by atoms with van der Waals surface area (Å²) in [5, 5.41) is 0. The van der Waals surface area contributed by atoms with Crippen molar-refractivity contribution >= 4 is 15.9 Å². The average Bonchev–Trinajstić information content (AvgIpc) is 2.69. The first-order valence-electron chi connectivity index (χ1n) is 10.2. The molecule has 1 amide bonds. The van der Waals surface area contributed by atoms with Gasteiger partial charge in [0.15, 0.2) is 0 Å². The summed E-state index contributed by atoms with van der Waals surface area (Å²) >= 11 is 0. The molecule has 1 aliphatic heterocycles. The van der Waals surface area contributed by atoms with E-state index in [9.17, 15) is 13.2 Å². The molecule has 2 rings (SSSR count). The number of rotatable bonds is 9. The van der Waals surface area contributed by atoms with Crippen molar-refractivity contribution in [3.05, 3.63) is 23.3 Å². The lowest BCUT2D eigenvalue weighted by Crippen LogP contribution is -2.45. The number of carbonyl (C=O) groups excluding carboxylic acids is 1. The molecule has 1 aromatic rings. The third-order valence-corrected chi connectivity index (χ3v) is 7.82. The van der Waals surface area contributed by atoms with Gasteiger partial charge in [-0.2, -0.15) is 4.31 Å². The number of carbonyl (C=O) groups is 1. The van der Waals surface area contributed by atoms with Crippen molar-refractivity contribution in [3.63, 3.8) is 0 Å². The lowest BCUT2D eigenvalue weighted by atomic mass is 10.0. The maximum atomic E-state index is 13.0. The largest absolute Gasteiger partial charge is 0.497 e. The van der Waals surface area contributed by atoms with Crippen LogP contribution in [0.2, 0.25) is 0 Å². The Labute approximate surface area is 180 Å². The van der Waals surface area contributed by atoms with E-state index in [0.29, 0.717) is 22.9 Å². The fraction of sp³-hybridized carbons (Fsp3) is 0.667. The van der Waals surface area contributed by atoms with E-state index in [0.717, 1.165) is 25.9 Å². The van der Waals surface area contributed by atoms with Crippen LogP contribution in [-0.4, -0.2) is 95.6 Å². The molecule has 170 valence electrons. The summed E-state index contributed by atoms with van der Waals surface area (Å²) in [7, 11) is 3.53. The molecule has 1 aromatic carbocycles. The normalized spacial score (nSPS) is 15.8. The summed E-state index contributed by atoms with van der Waals surface area (Å²) in [5.41, 5.74) is 1.27. The van der Waals surface area contributed by atoms with E-state index < -0.39 is 10.0 Å². The van der Waals surface area contributed by atoms with Crippen molar-refractivity contribution in [2.75, 3.05) is 61.1 Å². The van der Waals surface area contributed by atoms with E-state index >= 15 is 0 Å². The van der Waals surface area contributed by atoms with Gasteiger partial charge in [0.25, 0.3) is 0 Å². The number of likely N-dealkylation sites (tertiary alicyclic amines) is 1. The van der Waals surface area contributed by atoms with Gasteiger partial charge >= 0.3 is 0 Å². The van der Waals surface area contributed by atoms with Gasteiger partial charge < -0.3 is 19.3 Å². The third-order valence-electron chi connectivity index (χ3n) is 5.66. The van der Waals surface area contributed by atoms with Crippen LogP contribution in [0.5, 0.6) is 5.75 Å². The molecule has 0 atom stereocenters. The first kappa shape index (κ1) is 24.6. The number of aryl methyl sites for hydroxylation is 2. The minimum atomic E-state index is -3.66. The lowest BCUT2D eigenvalue weighted by Gasteiger charge is -2.35. The first-order chi connectivity index (χ1) is 14.1. The van der Waals surface area contributed by atoms with Crippen LogP contribution in [-0.2, 0) is 19.6 Å². The molecule has 8 nitrogen and oxygen atoms in total. The fourth-order valence-corrected chi connectivity index (χ4v) is 5.35. The molecular formula is C21H35N3O5S. The van der Waals surface area contributed by atoms with Gasteiger partial charge in [0.05, 0.1) is 18.6 Å². The first-order valence-corrected chi connectivity index (χ1v) is 11.7. The van der Waals surface area contributed by atoms with E-state index in [1.54, 1.807) is 33.1 Å². The van der Waals surface area contributed by atoms with Gasteiger partial charge in [-0.25, -0.2) is 8.42 Å². The molecule has 0 radical (unpaired) electrons.